The monoisotopic (exact) mass is 269 g/mol. The molecular formula is C13H26F3NO. The Balaban J connectivity index is 3.78. The Bertz CT molecular complexity index is 195. The van der Waals surface area contributed by atoms with Crippen LogP contribution < -0.4 is 5.32 Å². The van der Waals surface area contributed by atoms with Gasteiger partial charge in [0.1, 0.15) is 6.61 Å². The van der Waals surface area contributed by atoms with Crippen LogP contribution >= 0.6 is 0 Å². The topological polar surface area (TPSA) is 21.3 Å². The molecule has 0 aromatic heterocycles. The SMILES string of the molecule is CCCNC(CCOCC(F)(F)F)CCC(C)C. The second-order valence-corrected chi connectivity index (χ2v) is 5.08. The Hall–Kier alpha value is -0.290. The van der Waals surface area contributed by atoms with Crippen LogP contribution in [0.15, 0.2) is 0 Å². The summed E-state index contributed by atoms with van der Waals surface area (Å²) in [6.45, 7) is 6.30. The zero-order valence-electron chi connectivity index (χ0n) is 11.6. The Kier molecular flexibility index (Phi) is 9.46. The lowest BCUT2D eigenvalue weighted by atomic mass is 10.0. The van der Waals surface area contributed by atoms with Gasteiger partial charge in [-0.2, -0.15) is 13.2 Å². The number of nitrogens with one attached hydrogen (secondary N) is 1. The van der Waals surface area contributed by atoms with Gasteiger partial charge in [0.15, 0.2) is 0 Å². The number of hydrogen-bond acceptors (Lipinski definition) is 2. The summed E-state index contributed by atoms with van der Waals surface area (Å²) in [5.74, 6) is 0.618. The van der Waals surface area contributed by atoms with Crippen molar-refractivity contribution in [3.8, 4) is 0 Å². The lowest BCUT2D eigenvalue weighted by molar-refractivity contribution is -0.174. The zero-order chi connectivity index (χ0) is 14.0. The third-order valence-corrected chi connectivity index (χ3v) is 2.65. The molecule has 0 fully saturated rings. The summed E-state index contributed by atoms with van der Waals surface area (Å²) in [5.41, 5.74) is 0. The summed E-state index contributed by atoms with van der Waals surface area (Å²) >= 11 is 0. The van der Waals surface area contributed by atoms with E-state index >= 15 is 0 Å². The molecule has 0 amide bonds. The van der Waals surface area contributed by atoms with E-state index in [2.05, 4.69) is 30.8 Å². The minimum atomic E-state index is -4.22. The van der Waals surface area contributed by atoms with Crippen molar-refractivity contribution in [1.29, 1.82) is 0 Å². The van der Waals surface area contributed by atoms with Crippen molar-refractivity contribution in [1.82, 2.24) is 5.32 Å². The van der Waals surface area contributed by atoms with E-state index in [1.165, 1.54) is 0 Å². The average molecular weight is 269 g/mol. The third-order valence-electron chi connectivity index (χ3n) is 2.65. The molecule has 0 bridgehead atoms. The van der Waals surface area contributed by atoms with Gasteiger partial charge in [-0.25, -0.2) is 0 Å². The Morgan fingerprint density at radius 2 is 1.78 bits per heavy atom. The van der Waals surface area contributed by atoms with Crippen molar-refractivity contribution >= 4 is 0 Å². The molecule has 0 spiro atoms. The molecular weight excluding hydrogens is 243 g/mol. The van der Waals surface area contributed by atoms with Crippen LogP contribution in [0.5, 0.6) is 0 Å². The minimum Gasteiger partial charge on any atom is -0.372 e. The summed E-state index contributed by atoms with van der Waals surface area (Å²) in [4.78, 5) is 0. The molecule has 2 nitrogen and oxygen atoms in total. The van der Waals surface area contributed by atoms with Gasteiger partial charge in [-0.1, -0.05) is 20.8 Å². The van der Waals surface area contributed by atoms with Crippen molar-refractivity contribution < 1.29 is 17.9 Å². The molecule has 0 aliphatic carbocycles. The molecule has 1 atom stereocenters. The van der Waals surface area contributed by atoms with Gasteiger partial charge in [0.25, 0.3) is 0 Å². The smallest absolute Gasteiger partial charge is 0.372 e. The first-order chi connectivity index (χ1) is 8.35. The largest absolute Gasteiger partial charge is 0.411 e. The van der Waals surface area contributed by atoms with Gasteiger partial charge in [0, 0.05) is 12.6 Å². The molecule has 0 aromatic carbocycles. The molecule has 5 heteroatoms. The first-order valence-electron chi connectivity index (χ1n) is 6.73. The summed E-state index contributed by atoms with van der Waals surface area (Å²) in [6.07, 6.45) is -0.470. The third kappa shape index (κ3) is 12.2. The van der Waals surface area contributed by atoms with E-state index in [-0.39, 0.29) is 12.6 Å². The molecule has 0 radical (unpaired) electrons. The van der Waals surface area contributed by atoms with Gasteiger partial charge >= 0.3 is 6.18 Å². The number of rotatable bonds is 10. The Morgan fingerprint density at radius 1 is 1.11 bits per heavy atom. The van der Waals surface area contributed by atoms with Crippen molar-refractivity contribution in [2.24, 2.45) is 5.92 Å². The normalized spacial score (nSPS) is 14.2. The highest BCUT2D eigenvalue weighted by Gasteiger charge is 2.27. The standard InChI is InChI=1S/C13H26F3NO/c1-4-8-17-12(6-5-11(2)3)7-9-18-10-13(14,15)16/h11-12,17H,4-10H2,1-3H3. The van der Waals surface area contributed by atoms with E-state index in [9.17, 15) is 13.2 Å². The van der Waals surface area contributed by atoms with Gasteiger partial charge in [-0.3, -0.25) is 0 Å². The van der Waals surface area contributed by atoms with Crippen molar-refractivity contribution in [2.75, 3.05) is 19.8 Å². The first-order valence-corrected chi connectivity index (χ1v) is 6.73. The van der Waals surface area contributed by atoms with E-state index in [0.717, 1.165) is 25.8 Å². The van der Waals surface area contributed by atoms with Crippen LogP contribution in [0, 0.1) is 5.92 Å². The fraction of sp³-hybridized carbons (Fsp3) is 1.00. The second-order valence-electron chi connectivity index (χ2n) is 5.08. The van der Waals surface area contributed by atoms with Gasteiger partial charge in [0.05, 0.1) is 0 Å². The lowest BCUT2D eigenvalue weighted by Crippen LogP contribution is -2.31. The van der Waals surface area contributed by atoms with Crippen LogP contribution in [0.4, 0.5) is 13.2 Å². The van der Waals surface area contributed by atoms with Crippen LogP contribution in [0.2, 0.25) is 0 Å². The molecule has 1 N–H and O–H groups in total. The zero-order valence-corrected chi connectivity index (χ0v) is 11.6. The molecule has 1 unspecified atom stereocenters. The van der Waals surface area contributed by atoms with Gasteiger partial charge < -0.3 is 10.1 Å². The summed E-state index contributed by atoms with van der Waals surface area (Å²) in [6, 6.07) is 0.264. The number of ether oxygens (including phenoxy) is 1. The molecule has 0 saturated heterocycles. The van der Waals surface area contributed by atoms with Crippen molar-refractivity contribution in [3.63, 3.8) is 0 Å². The maximum absolute atomic E-state index is 11.9. The predicted molar refractivity (Wildman–Crippen MR) is 67.6 cm³/mol. The van der Waals surface area contributed by atoms with Gasteiger partial charge in [0.2, 0.25) is 0 Å². The first kappa shape index (κ1) is 17.7. The highest BCUT2D eigenvalue weighted by molar-refractivity contribution is 4.67. The van der Waals surface area contributed by atoms with E-state index < -0.39 is 12.8 Å². The molecule has 0 heterocycles. The van der Waals surface area contributed by atoms with E-state index in [1.54, 1.807) is 0 Å². The maximum Gasteiger partial charge on any atom is 0.411 e. The molecule has 0 rings (SSSR count). The van der Waals surface area contributed by atoms with Crippen molar-refractivity contribution in [2.45, 2.75) is 58.7 Å². The average Bonchev–Trinajstić information content (AvgIpc) is 2.25. The van der Waals surface area contributed by atoms with Crippen LogP contribution in [0.25, 0.3) is 0 Å². The van der Waals surface area contributed by atoms with Gasteiger partial charge in [-0.05, 0) is 38.1 Å². The second kappa shape index (κ2) is 9.62. The fourth-order valence-electron chi connectivity index (χ4n) is 1.64. The van der Waals surface area contributed by atoms with E-state index in [0.29, 0.717) is 12.3 Å². The maximum atomic E-state index is 11.9. The van der Waals surface area contributed by atoms with Crippen molar-refractivity contribution in [3.05, 3.63) is 0 Å². The number of hydrogen-bond donors (Lipinski definition) is 1. The number of halogens is 3. The van der Waals surface area contributed by atoms with Crippen LogP contribution in [-0.2, 0) is 4.74 Å². The quantitative estimate of drug-likeness (QED) is 0.610. The Morgan fingerprint density at radius 3 is 2.28 bits per heavy atom. The van der Waals surface area contributed by atoms with E-state index in [4.69, 9.17) is 0 Å². The minimum absolute atomic E-state index is 0.166. The number of alkyl halides is 3. The highest BCUT2D eigenvalue weighted by atomic mass is 19.4. The molecule has 0 aliphatic heterocycles. The Labute approximate surface area is 108 Å². The molecule has 18 heavy (non-hydrogen) atoms. The highest BCUT2D eigenvalue weighted by Crippen LogP contribution is 2.15. The summed E-state index contributed by atoms with van der Waals surface area (Å²) in [7, 11) is 0. The fourth-order valence-corrected chi connectivity index (χ4v) is 1.64. The molecule has 0 saturated carbocycles. The van der Waals surface area contributed by atoms with E-state index in [1.807, 2.05) is 0 Å². The molecule has 0 aliphatic rings. The lowest BCUT2D eigenvalue weighted by Gasteiger charge is -2.19. The summed E-state index contributed by atoms with van der Waals surface area (Å²) < 4.78 is 40.3. The molecule has 0 aromatic rings. The molecule has 110 valence electrons. The van der Waals surface area contributed by atoms with Crippen LogP contribution in [0.3, 0.4) is 0 Å². The summed E-state index contributed by atoms with van der Waals surface area (Å²) in [5, 5.41) is 3.36. The van der Waals surface area contributed by atoms with Crippen LogP contribution in [-0.4, -0.2) is 32.0 Å². The predicted octanol–water partition coefficient (Wildman–Crippen LogP) is 3.76. The van der Waals surface area contributed by atoms with Crippen LogP contribution in [0.1, 0.15) is 46.5 Å². The van der Waals surface area contributed by atoms with Gasteiger partial charge in [-0.15, -0.1) is 0 Å².